The quantitative estimate of drug-likeness (QED) is 0.525. The second kappa shape index (κ2) is 4.12. The topological polar surface area (TPSA) is 20.2 Å². The third kappa shape index (κ3) is 3.06. The molecule has 0 unspecified atom stereocenters. The number of benzene rings is 1. The molecule has 44 valence electrons. The first-order chi connectivity index (χ1) is 3.79. The van der Waals surface area contributed by atoms with E-state index >= 15 is 0 Å². The van der Waals surface area contributed by atoms with Crippen molar-refractivity contribution in [2.75, 3.05) is 0 Å². The third-order valence-corrected chi connectivity index (χ3v) is 2.77. The van der Waals surface area contributed by atoms with Crippen molar-refractivity contribution in [2.24, 2.45) is 0 Å². The molecule has 1 N–H and O–H groups in total. The number of hydrogen-bond donors (Lipinski definition) is 1. The van der Waals surface area contributed by atoms with E-state index in [1.807, 2.05) is 12.1 Å². The molecule has 0 aromatic heterocycles. The minimum Gasteiger partial charge on any atom is -1.00 e. The van der Waals surface area contributed by atoms with Gasteiger partial charge in [-0.3, -0.25) is 0 Å². The monoisotopic (exact) mass is 330 g/mol. The summed E-state index contributed by atoms with van der Waals surface area (Å²) in [5.74, 6) is 0.360. The Morgan fingerprint density at radius 2 is 1.56 bits per heavy atom. The van der Waals surface area contributed by atoms with Crippen molar-refractivity contribution in [3.05, 3.63) is 24.3 Å². The molecule has 3 heteroatoms. The molecule has 0 saturated heterocycles. The first-order valence-electron chi connectivity index (χ1n) is 2.40. The molecule has 0 heterocycles. The van der Waals surface area contributed by atoms with Gasteiger partial charge in [0.25, 0.3) is 0 Å². The fraction of sp³-hybridized carbons (Fsp3) is 0. The SMILES string of the molecule is Oc1cc[c]([Hg+])cc1.[Cl-]. The molecular formula is C6H5ClHgO. The van der Waals surface area contributed by atoms with Gasteiger partial charge in [-0.2, -0.15) is 0 Å². The van der Waals surface area contributed by atoms with Gasteiger partial charge in [-0.15, -0.1) is 0 Å². The molecule has 0 aliphatic heterocycles. The molecule has 1 rings (SSSR count). The molecule has 1 aromatic rings. The van der Waals surface area contributed by atoms with Gasteiger partial charge in [0.15, 0.2) is 0 Å². The van der Waals surface area contributed by atoms with Crippen molar-refractivity contribution in [1.82, 2.24) is 0 Å². The van der Waals surface area contributed by atoms with Crippen LogP contribution < -0.4 is 15.5 Å². The first kappa shape index (κ1) is 9.25. The Hall–Kier alpha value is 0.245. The van der Waals surface area contributed by atoms with Gasteiger partial charge in [-0.1, -0.05) is 0 Å². The Balaban J connectivity index is 0.000000640. The smallest absolute Gasteiger partial charge is 1.00 e. The van der Waals surface area contributed by atoms with E-state index in [1.165, 1.54) is 3.07 Å². The summed E-state index contributed by atoms with van der Waals surface area (Å²) in [7, 11) is 0. The summed E-state index contributed by atoms with van der Waals surface area (Å²) < 4.78 is 1.36. The minimum atomic E-state index is 0. The molecule has 0 amide bonds. The van der Waals surface area contributed by atoms with Gasteiger partial charge < -0.3 is 12.4 Å². The second-order valence-corrected chi connectivity index (χ2v) is 4.84. The van der Waals surface area contributed by atoms with E-state index in [0.29, 0.717) is 31.9 Å². The zero-order valence-corrected chi connectivity index (χ0v) is 11.1. The fourth-order valence-corrected chi connectivity index (χ4v) is 1.41. The van der Waals surface area contributed by atoms with E-state index in [2.05, 4.69) is 0 Å². The normalized spacial score (nSPS) is 8.22. The van der Waals surface area contributed by atoms with Crippen molar-refractivity contribution in [3.63, 3.8) is 0 Å². The van der Waals surface area contributed by atoms with Gasteiger partial charge in [0.2, 0.25) is 0 Å². The Morgan fingerprint density at radius 1 is 1.11 bits per heavy atom. The minimum absolute atomic E-state index is 0. The maximum atomic E-state index is 8.78. The molecule has 1 nitrogen and oxygen atoms in total. The van der Waals surface area contributed by atoms with Gasteiger partial charge in [0.1, 0.15) is 0 Å². The van der Waals surface area contributed by atoms with Crippen LogP contribution >= 0.6 is 0 Å². The molecule has 0 aliphatic carbocycles. The van der Waals surface area contributed by atoms with E-state index < -0.39 is 0 Å². The van der Waals surface area contributed by atoms with E-state index in [9.17, 15) is 0 Å². The Bertz CT molecular complexity index is 152. The molecule has 0 atom stereocenters. The first-order valence-corrected chi connectivity index (χ1v) is 5.15. The second-order valence-electron chi connectivity index (χ2n) is 1.67. The van der Waals surface area contributed by atoms with Crippen LogP contribution in [0.4, 0.5) is 0 Å². The molecule has 0 spiro atoms. The van der Waals surface area contributed by atoms with Crippen LogP contribution in [0.1, 0.15) is 0 Å². The van der Waals surface area contributed by atoms with Gasteiger partial charge in [-0.25, -0.2) is 0 Å². The van der Waals surface area contributed by atoms with Crippen molar-refractivity contribution < 1.29 is 43.6 Å². The molecule has 1 aromatic carbocycles. The van der Waals surface area contributed by atoms with Crippen LogP contribution in [0.3, 0.4) is 0 Å². The number of phenols is 1. The van der Waals surface area contributed by atoms with Crippen LogP contribution in [0, 0.1) is 0 Å². The fourth-order valence-electron chi connectivity index (χ4n) is 0.496. The zero-order valence-electron chi connectivity index (χ0n) is 4.84. The Kier molecular flexibility index (Phi) is 4.24. The van der Waals surface area contributed by atoms with Gasteiger partial charge in [0.05, 0.1) is 0 Å². The van der Waals surface area contributed by atoms with Crippen LogP contribution in [0.5, 0.6) is 5.75 Å². The number of aromatic hydroxyl groups is 1. The standard InChI is InChI=1S/C6H5O.ClH.Hg/c7-6-4-2-1-3-5-6;;/h2-5,7H;1H;/q;;+1/p-1. The number of phenolic OH excluding ortho intramolecular Hbond substituents is 1. The average molecular weight is 329 g/mol. The maximum Gasteiger partial charge on any atom is -1.00 e. The van der Waals surface area contributed by atoms with Crippen LogP contribution in [0.2, 0.25) is 0 Å². The zero-order chi connectivity index (χ0) is 5.98. The van der Waals surface area contributed by atoms with Crippen LogP contribution in [0.15, 0.2) is 24.3 Å². The van der Waals surface area contributed by atoms with Gasteiger partial charge >= 0.3 is 64.3 Å². The van der Waals surface area contributed by atoms with Crippen molar-refractivity contribution in [1.29, 1.82) is 0 Å². The number of halogens is 1. The summed E-state index contributed by atoms with van der Waals surface area (Å²) in [6.45, 7) is 0. The molecule has 0 aliphatic rings. The molecule has 0 fully saturated rings. The van der Waals surface area contributed by atoms with E-state index in [-0.39, 0.29) is 12.4 Å². The van der Waals surface area contributed by atoms with Crippen molar-refractivity contribution >= 4 is 3.07 Å². The van der Waals surface area contributed by atoms with Crippen molar-refractivity contribution in [3.8, 4) is 5.75 Å². The number of hydrogen-bond acceptors (Lipinski definition) is 1. The summed E-state index contributed by atoms with van der Waals surface area (Å²) in [6.07, 6.45) is 0. The van der Waals surface area contributed by atoms with Crippen molar-refractivity contribution in [2.45, 2.75) is 0 Å². The summed E-state index contributed by atoms with van der Waals surface area (Å²) in [5, 5.41) is 8.78. The predicted octanol–water partition coefficient (Wildman–Crippen LogP) is -2.43. The Labute approximate surface area is 76.5 Å². The van der Waals surface area contributed by atoms with Crippen LogP contribution in [-0.2, 0) is 26.1 Å². The summed E-state index contributed by atoms with van der Waals surface area (Å²) >= 11 is 0.691. The van der Waals surface area contributed by atoms with Gasteiger partial charge in [-0.05, 0) is 0 Å². The van der Waals surface area contributed by atoms with E-state index in [0.717, 1.165) is 0 Å². The largest absolute Gasteiger partial charge is 1.00 e. The molecule has 0 bridgehead atoms. The molecule has 0 saturated carbocycles. The molecular weight excluding hydrogens is 324 g/mol. The third-order valence-electron chi connectivity index (χ3n) is 0.936. The van der Waals surface area contributed by atoms with Gasteiger partial charge in [0, 0.05) is 0 Å². The Morgan fingerprint density at radius 3 is 1.89 bits per heavy atom. The van der Waals surface area contributed by atoms with E-state index in [1.54, 1.807) is 12.1 Å². The van der Waals surface area contributed by atoms with Crippen LogP contribution in [-0.4, -0.2) is 5.11 Å². The summed E-state index contributed by atoms with van der Waals surface area (Å²) in [4.78, 5) is 0. The predicted molar refractivity (Wildman–Crippen MR) is 27.7 cm³/mol. The number of rotatable bonds is 0. The molecule has 9 heavy (non-hydrogen) atoms. The van der Waals surface area contributed by atoms with E-state index in [4.69, 9.17) is 5.11 Å². The maximum absolute atomic E-state index is 8.78. The summed E-state index contributed by atoms with van der Waals surface area (Å²) in [5.41, 5.74) is 0. The molecule has 0 radical (unpaired) electrons. The average Bonchev–Trinajstić information content (AvgIpc) is 1.77. The summed E-state index contributed by atoms with van der Waals surface area (Å²) in [6, 6.07) is 7.36. The van der Waals surface area contributed by atoms with Crippen LogP contribution in [0.25, 0.3) is 0 Å².